The molecule has 9 heteroatoms. The predicted octanol–water partition coefficient (Wildman–Crippen LogP) is 4.37. The first-order valence-electron chi connectivity index (χ1n) is 11.6. The number of carbonyl (C=O) groups is 2. The number of amides is 2. The molecule has 3 aromatic carbocycles. The number of anilines is 1. The summed E-state index contributed by atoms with van der Waals surface area (Å²) in [7, 11) is -2.55. The maximum Gasteiger partial charge on any atom is 0.264 e. The van der Waals surface area contributed by atoms with E-state index in [-0.39, 0.29) is 17.3 Å². The summed E-state index contributed by atoms with van der Waals surface area (Å²) in [6.45, 7) is 3.33. The normalized spacial score (nSPS) is 12.0. The minimum absolute atomic E-state index is 0.0798. The Balaban J connectivity index is 2.01. The van der Waals surface area contributed by atoms with Gasteiger partial charge in [-0.25, -0.2) is 8.42 Å². The summed E-state index contributed by atoms with van der Waals surface area (Å²) in [6, 6.07) is 21.7. The van der Waals surface area contributed by atoms with Crippen LogP contribution >= 0.6 is 15.9 Å². The molecule has 0 unspecified atom stereocenters. The fourth-order valence-electron chi connectivity index (χ4n) is 3.72. The number of rotatable bonds is 10. The number of aryl methyl sites for hydroxylation is 1. The molecule has 0 aliphatic heterocycles. The topological polar surface area (TPSA) is 86.8 Å². The molecule has 36 heavy (non-hydrogen) atoms. The van der Waals surface area contributed by atoms with Crippen LogP contribution in [0, 0.1) is 0 Å². The van der Waals surface area contributed by atoms with E-state index in [1.54, 1.807) is 37.3 Å². The van der Waals surface area contributed by atoms with Gasteiger partial charge < -0.3 is 10.2 Å². The molecular formula is C27H30BrN3O4S. The smallest absolute Gasteiger partial charge is 0.264 e. The van der Waals surface area contributed by atoms with Crippen molar-refractivity contribution in [3.8, 4) is 0 Å². The summed E-state index contributed by atoms with van der Waals surface area (Å²) in [5.41, 5.74) is 2.24. The van der Waals surface area contributed by atoms with Crippen LogP contribution in [0.15, 0.2) is 88.2 Å². The van der Waals surface area contributed by atoms with Crippen molar-refractivity contribution in [1.82, 2.24) is 10.2 Å². The number of carbonyl (C=O) groups excluding carboxylic acids is 2. The van der Waals surface area contributed by atoms with Crippen LogP contribution in [-0.4, -0.2) is 44.8 Å². The van der Waals surface area contributed by atoms with Crippen LogP contribution < -0.4 is 9.62 Å². The first kappa shape index (κ1) is 27.4. The monoisotopic (exact) mass is 571 g/mol. The van der Waals surface area contributed by atoms with E-state index in [1.165, 1.54) is 24.1 Å². The Labute approximate surface area is 221 Å². The molecule has 0 aromatic heterocycles. The van der Waals surface area contributed by atoms with Crippen LogP contribution in [0.1, 0.15) is 25.0 Å². The summed E-state index contributed by atoms with van der Waals surface area (Å²) < 4.78 is 29.3. The van der Waals surface area contributed by atoms with Crippen LogP contribution in [0.4, 0.5) is 5.69 Å². The third kappa shape index (κ3) is 6.53. The Morgan fingerprint density at radius 1 is 0.917 bits per heavy atom. The molecule has 0 aliphatic carbocycles. The van der Waals surface area contributed by atoms with Gasteiger partial charge in [0.2, 0.25) is 11.8 Å². The maximum absolute atomic E-state index is 13.7. The number of likely N-dealkylation sites (N-methyl/N-ethyl adjacent to an activating group) is 1. The lowest BCUT2D eigenvalue weighted by molar-refractivity contribution is -0.139. The van der Waals surface area contributed by atoms with Crippen LogP contribution in [0.25, 0.3) is 0 Å². The second-order valence-electron chi connectivity index (χ2n) is 8.28. The van der Waals surface area contributed by atoms with Crippen LogP contribution in [-0.2, 0) is 32.6 Å². The summed E-state index contributed by atoms with van der Waals surface area (Å²) >= 11 is 3.40. The number of halogens is 1. The van der Waals surface area contributed by atoms with Crippen molar-refractivity contribution in [3.05, 3.63) is 94.5 Å². The van der Waals surface area contributed by atoms with E-state index in [0.29, 0.717) is 5.69 Å². The molecule has 0 heterocycles. The fraction of sp³-hybridized carbons (Fsp3) is 0.259. The molecule has 0 bridgehead atoms. The molecule has 0 saturated carbocycles. The highest BCUT2D eigenvalue weighted by Crippen LogP contribution is 2.25. The number of sulfonamides is 1. The van der Waals surface area contributed by atoms with Crippen molar-refractivity contribution < 1.29 is 18.0 Å². The fourth-order valence-corrected chi connectivity index (χ4v) is 5.42. The molecule has 0 radical (unpaired) electrons. The highest BCUT2D eigenvalue weighted by Gasteiger charge is 2.32. The molecule has 7 nitrogen and oxygen atoms in total. The number of nitrogens with zero attached hydrogens (tertiary/aromatic N) is 2. The minimum atomic E-state index is -4.05. The van der Waals surface area contributed by atoms with Crippen molar-refractivity contribution in [2.24, 2.45) is 0 Å². The van der Waals surface area contributed by atoms with Crippen molar-refractivity contribution in [3.63, 3.8) is 0 Å². The highest BCUT2D eigenvalue weighted by molar-refractivity contribution is 9.10. The van der Waals surface area contributed by atoms with Gasteiger partial charge in [-0.2, -0.15) is 0 Å². The molecule has 3 rings (SSSR count). The van der Waals surface area contributed by atoms with Crippen molar-refractivity contribution in [1.29, 1.82) is 0 Å². The van der Waals surface area contributed by atoms with E-state index >= 15 is 0 Å². The number of hydrogen-bond acceptors (Lipinski definition) is 4. The summed E-state index contributed by atoms with van der Waals surface area (Å²) in [4.78, 5) is 27.7. The minimum Gasteiger partial charge on any atom is -0.357 e. The molecule has 0 aliphatic rings. The van der Waals surface area contributed by atoms with Gasteiger partial charge in [-0.1, -0.05) is 65.3 Å². The maximum atomic E-state index is 13.7. The van der Waals surface area contributed by atoms with Gasteiger partial charge in [0.05, 0.1) is 10.6 Å². The van der Waals surface area contributed by atoms with E-state index in [2.05, 4.69) is 21.2 Å². The lowest BCUT2D eigenvalue weighted by atomic mass is 10.1. The standard InChI is InChI=1S/C27H30BrN3O4S/c1-4-21-12-16-24(17-13-21)31(36(34,35)25-8-6-5-7-9-25)19-26(32)30(20(2)27(33)29-3)18-22-10-14-23(28)15-11-22/h5-17,20H,4,18-19H2,1-3H3,(H,29,33)/t20-/m1/s1. The van der Waals surface area contributed by atoms with E-state index in [4.69, 9.17) is 0 Å². The van der Waals surface area contributed by atoms with Gasteiger partial charge in [-0.05, 0) is 60.9 Å². The van der Waals surface area contributed by atoms with Gasteiger partial charge in [-0.15, -0.1) is 0 Å². The summed E-state index contributed by atoms with van der Waals surface area (Å²) in [5.74, 6) is -0.835. The zero-order valence-electron chi connectivity index (χ0n) is 20.5. The van der Waals surface area contributed by atoms with E-state index in [0.717, 1.165) is 26.3 Å². The molecule has 0 fully saturated rings. The molecule has 2 amide bonds. The highest BCUT2D eigenvalue weighted by atomic mass is 79.9. The lowest BCUT2D eigenvalue weighted by Gasteiger charge is -2.31. The van der Waals surface area contributed by atoms with Crippen LogP contribution in [0.3, 0.4) is 0 Å². The molecule has 0 saturated heterocycles. The first-order valence-corrected chi connectivity index (χ1v) is 13.8. The quantitative estimate of drug-likeness (QED) is 0.391. The zero-order chi connectivity index (χ0) is 26.3. The second kappa shape index (κ2) is 12.2. The van der Waals surface area contributed by atoms with Crippen molar-refractivity contribution in [2.45, 2.75) is 37.8 Å². The average Bonchev–Trinajstić information content (AvgIpc) is 2.90. The largest absolute Gasteiger partial charge is 0.357 e. The summed E-state index contributed by atoms with van der Waals surface area (Å²) in [5, 5.41) is 2.58. The van der Waals surface area contributed by atoms with Gasteiger partial charge in [0.15, 0.2) is 0 Å². The van der Waals surface area contributed by atoms with Crippen LogP contribution in [0.5, 0.6) is 0 Å². The van der Waals surface area contributed by atoms with E-state index in [1.807, 2.05) is 43.3 Å². The van der Waals surface area contributed by atoms with Gasteiger partial charge in [0.25, 0.3) is 10.0 Å². The number of nitrogens with one attached hydrogen (secondary N) is 1. The van der Waals surface area contributed by atoms with Gasteiger partial charge in [0, 0.05) is 18.1 Å². The Kier molecular flexibility index (Phi) is 9.28. The number of benzene rings is 3. The first-order chi connectivity index (χ1) is 17.2. The SMILES string of the molecule is CCc1ccc(N(CC(=O)N(Cc2ccc(Br)cc2)[C@H](C)C(=O)NC)S(=O)(=O)c2ccccc2)cc1. The number of hydrogen-bond donors (Lipinski definition) is 1. The van der Waals surface area contributed by atoms with Crippen LogP contribution in [0.2, 0.25) is 0 Å². The van der Waals surface area contributed by atoms with Gasteiger partial charge >= 0.3 is 0 Å². The molecule has 1 atom stereocenters. The van der Waals surface area contributed by atoms with E-state index < -0.39 is 28.5 Å². The molecule has 1 N–H and O–H groups in total. The Hall–Kier alpha value is -3.17. The molecular weight excluding hydrogens is 542 g/mol. The summed E-state index contributed by atoms with van der Waals surface area (Å²) in [6.07, 6.45) is 0.801. The predicted molar refractivity (Wildman–Crippen MR) is 145 cm³/mol. The second-order valence-corrected chi connectivity index (χ2v) is 11.1. The lowest BCUT2D eigenvalue weighted by Crippen LogP contribution is -2.50. The molecule has 3 aromatic rings. The Bertz CT molecular complexity index is 1280. The van der Waals surface area contributed by atoms with Crippen molar-refractivity contribution in [2.75, 3.05) is 17.9 Å². The third-order valence-electron chi connectivity index (χ3n) is 5.92. The van der Waals surface area contributed by atoms with Gasteiger partial charge in [-0.3, -0.25) is 13.9 Å². The third-order valence-corrected chi connectivity index (χ3v) is 8.24. The van der Waals surface area contributed by atoms with Crippen molar-refractivity contribution >= 4 is 43.5 Å². The zero-order valence-corrected chi connectivity index (χ0v) is 22.9. The van der Waals surface area contributed by atoms with Gasteiger partial charge in [0.1, 0.15) is 12.6 Å². The molecule has 190 valence electrons. The Morgan fingerprint density at radius 3 is 2.06 bits per heavy atom. The Morgan fingerprint density at radius 2 is 1.50 bits per heavy atom. The molecule has 0 spiro atoms. The average molecular weight is 573 g/mol. The van der Waals surface area contributed by atoms with E-state index in [9.17, 15) is 18.0 Å².